The van der Waals surface area contributed by atoms with E-state index < -0.39 is 0 Å². The SMILES string of the molecule is Cc1csc(C(Br)c2sc(C)cc2C)c1. The summed E-state index contributed by atoms with van der Waals surface area (Å²) in [5.74, 6) is 0. The Hall–Kier alpha value is -0.120. The second-order valence-electron chi connectivity index (χ2n) is 3.79. The van der Waals surface area contributed by atoms with Crippen LogP contribution < -0.4 is 0 Å². The van der Waals surface area contributed by atoms with Crippen molar-refractivity contribution in [2.24, 2.45) is 0 Å². The zero-order valence-corrected chi connectivity index (χ0v) is 12.2. The lowest BCUT2D eigenvalue weighted by Gasteiger charge is -2.06. The van der Waals surface area contributed by atoms with Crippen LogP contribution in [0.25, 0.3) is 0 Å². The molecule has 2 aromatic rings. The highest BCUT2D eigenvalue weighted by Crippen LogP contribution is 2.40. The van der Waals surface area contributed by atoms with Gasteiger partial charge in [-0.15, -0.1) is 22.7 Å². The number of hydrogen-bond acceptors (Lipinski definition) is 2. The predicted molar refractivity (Wildman–Crippen MR) is 73.6 cm³/mol. The Morgan fingerprint density at radius 3 is 2.40 bits per heavy atom. The minimum absolute atomic E-state index is 0.370. The average Bonchev–Trinajstić information content (AvgIpc) is 2.71. The van der Waals surface area contributed by atoms with Gasteiger partial charge in [-0.3, -0.25) is 0 Å². The van der Waals surface area contributed by atoms with Crippen LogP contribution in [0.4, 0.5) is 0 Å². The first-order chi connectivity index (χ1) is 7.08. The summed E-state index contributed by atoms with van der Waals surface area (Å²) < 4.78 is 0. The average molecular weight is 301 g/mol. The van der Waals surface area contributed by atoms with E-state index in [0.29, 0.717) is 4.83 Å². The van der Waals surface area contributed by atoms with E-state index in [1.165, 1.54) is 25.8 Å². The fourth-order valence-electron chi connectivity index (χ4n) is 1.63. The minimum atomic E-state index is 0.370. The van der Waals surface area contributed by atoms with Crippen molar-refractivity contribution >= 4 is 38.6 Å². The first-order valence-corrected chi connectivity index (χ1v) is 7.45. The van der Waals surface area contributed by atoms with Gasteiger partial charge in [-0.05, 0) is 49.4 Å². The molecular formula is C12H13BrS2. The normalized spacial score (nSPS) is 13.1. The van der Waals surface area contributed by atoms with Gasteiger partial charge in [0.15, 0.2) is 0 Å². The van der Waals surface area contributed by atoms with Gasteiger partial charge in [0.05, 0.1) is 4.83 Å². The molecule has 1 unspecified atom stereocenters. The van der Waals surface area contributed by atoms with Crippen molar-refractivity contribution in [3.8, 4) is 0 Å². The first-order valence-electron chi connectivity index (χ1n) is 4.84. The molecule has 0 saturated heterocycles. The van der Waals surface area contributed by atoms with Gasteiger partial charge in [0.1, 0.15) is 0 Å². The largest absolute Gasteiger partial charge is 0.147 e. The zero-order chi connectivity index (χ0) is 11.0. The highest BCUT2D eigenvalue weighted by atomic mass is 79.9. The molecule has 0 N–H and O–H groups in total. The molecule has 0 amide bonds. The molecule has 0 bridgehead atoms. The van der Waals surface area contributed by atoms with E-state index >= 15 is 0 Å². The maximum absolute atomic E-state index is 3.79. The summed E-state index contributed by atoms with van der Waals surface area (Å²) >= 11 is 7.51. The Balaban J connectivity index is 2.35. The van der Waals surface area contributed by atoms with Crippen LogP contribution in [0.3, 0.4) is 0 Å². The van der Waals surface area contributed by atoms with Crippen molar-refractivity contribution in [2.75, 3.05) is 0 Å². The van der Waals surface area contributed by atoms with Crippen LogP contribution in [0.1, 0.15) is 30.6 Å². The van der Waals surface area contributed by atoms with E-state index in [1.807, 2.05) is 22.7 Å². The van der Waals surface area contributed by atoms with Crippen LogP contribution in [0.2, 0.25) is 0 Å². The summed E-state index contributed by atoms with van der Waals surface area (Å²) in [5, 5.41) is 2.21. The third-order valence-electron chi connectivity index (χ3n) is 2.31. The lowest BCUT2D eigenvalue weighted by atomic mass is 10.2. The van der Waals surface area contributed by atoms with E-state index in [1.54, 1.807) is 0 Å². The van der Waals surface area contributed by atoms with E-state index in [9.17, 15) is 0 Å². The Bertz CT molecular complexity index is 468. The van der Waals surface area contributed by atoms with E-state index in [0.717, 1.165) is 0 Å². The number of hydrogen-bond donors (Lipinski definition) is 0. The number of rotatable bonds is 2. The van der Waals surface area contributed by atoms with Gasteiger partial charge < -0.3 is 0 Å². The van der Waals surface area contributed by atoms with Crippen molar-refractivity contribution in [1.29, 1.82) is 0 Å². The lowest BCUT2D eigenvalue weighted by Crippen LogP contribution is -1.87. The maximum Gasteiger partial charge on any atom is 0.0833 e. The first kappa shape index (κ1) is 11.4. The fraction of sp³-hybridized carbons (Fsp3) is 0.333. The van der Waals surface area contributed by atoms with Crippen LogP contribution in [0, 0.1) is 20.8 Å². The molecule has 0 nitrogen and oxygen atoms in total. The zero-order valence-electron chi connectivity index (χ0n) is 9.00. The minimum Gasteiger partial charge on any atom is -0.147 e. The molecule has 2 aromatic heterocycles. The second-order valence-corrected chi connectivity index (χ2v) is 6.94. The molecule has 0 fully saturated rings. The van der Waals surface area contributed by atoms with Gasteiger partial charge >= 0.3 is 0 Å². The fourth-order valence-corrected chi connectivity index (χ4v) is 4.71. The third-order valence-corrected chi connectivity index (χ3v) is 6.20. The standard InChI is InChI=1S/C12H13BrS2/c1-7-4-10(14-6-7)11(13)12-8(2)5-9(3)15-12/h4-6,11H,1-3H3. The molecule has 3 heteroatoms. The molecule has 0 radical (unpaired) electrons. The van der Waals surface area contributed by atoms with Gasteiger partial charge in [0.2, 0.25) is 0 Å². The second kappa shape index (κ2) is 4.40. The van der Waals surface area contributed by atoms with Crippen molar-refractivity contribution in [1.82, 2.24) is 0 Å². The van der Waals surface area contributed by atoms with Crippen LogP contribution in [-0.4, -0.2) is 0 Å². The van der Waals surface area contributed by atoms with E-state index in [2.05, 4.69) is 54.2 Å². The summed E-state index contributed by atoms with van der Waals surface area (Å²) in [7, 11) is 0. The van der Waals surface area contributed by atoms with Gasteiger partial charge in [-0.25, -0.2) is 0 Å². The molecule has 0 aliphatic carbocycles. The molecule has 0 spiro atoms. The summed E-state index contributed by atoms with van der Waals surface area (Å²) in [6.45, 7) is 6.50. The van der Waals surface area contributed by atoms with Gasteiger partial charge in [-0.1, -0.05) is 15.9 Å². The molecule has 0 aliphatic heterocycles. The van der Waals surface area contributed by atoms with E-state index in [4.69, 9.17) is 0 Å². The molecule has 0 aromatic carbocycles. The van der Waals surface area contributed by atoms with E-state index in [-0.39, 0.29) is 0 Å². The Kier molecular flexibility index (Phi) is 3.33. The smallest absolute Gasteiger partial charge is 0.0833 e. The molecular weight excluding hydrogens is 288 g/mol. The number of thiophene rings is 2. The third kappa shape index (κ3) is 2.35. The molecule has 0 aliphatic rings. The van der Waals surface area contributed by atoms with Crippen molar-refractivity contribution in [3.63, 3.8) is 0 Å². The summed E-state index contributed by atoms with van der Waals surface area (Å²) in [4.78, 5) is 4.60. The summed E-state index contributed by atoms with van der Waals surface area (Å²) in [6, 6.07) is 4.52. The number of alkyl halides is 1. The molecule has 80 valence electrons. The molecule has 1 atom stereocenters. The van der Waals surface area contributed by atoms with Crippen molar-refractivity contribution < 1.29 is 0 Å². The summed E-state index contributed by atoms with van der Waals surface area (Å²) in [6.07, 6.45) is 0. The lowest BCUT2D eigenvalue weighted by molar-refractivity contribution is 1.24. The maximum atomic E-state index is 3.79. The molecule has 2 rings (SSSR count). The van der Waals surface area contributed by atoms with Crippen molar-refractivity contribution in [2.45, 2.75) is 25.6 Å². The van der Waals surface area contributed by atoms with Gasteiger partial charge in [-0.2, -0.15) is 0 Å². The Morgan fingerprint density at radius 1 is 1.20 bits per heavy atom. The number of halogens is 1. The summed E-state index contributed by atoms with van der Waals surface area (Å²) in [5.41, 5.74) is 2.75. The van der Waals surface area contributed by atoms with Gasteiger partial charge in [0.25, 0.3) is 0 Å². The Morgan fingerprint density at radius 2 is 1.93 bits per heavy atom. The van der Waals surface area contributed by atoms with Crippen LogP contribution in [0.5, 0.6) is 0 Å². The quantitative estimate of drug-likeness (QED) is 0.667. The Labute approximate surface area is 107 Å². The predicted octanol–water partition coefficient (Wildman–Crippen LogP) is 5.22. The topological polar surface area (TPSA) is 0 Å². The monoisotopic (exact) mass is 300 g/mol. The van der Waals surface area contributed by atoms with Crippen LogP contribution >= 0.6 is 38.6 Å². The van der Waals surface area contributed by atoms with Gasteiger partial charge in [0, 0.05) is 14.6 Å². The molecule has 15 heavy (non-hydrogen) atoms. The van der Waals surface area contributed by atoms with Crippen molar-refractivity contribution in [3.05, 3.63) is 43.3 Å². The molecule has 2 heterocycles. The molecule has 0 saturated carbocycles. The number of aryl methyl sites for hydroxylation is 3. The van der Waals surface area contributed by atoms with Crippen LogP contribution in [0.15, 0.2) is 17.5 Å². The van der Waals surface area contributed by atoms with Crippen LogP contribution in [-0.2, 0) is 0 Å². The highest BCUT2D eigenvalue weighted by Gasteiger charge is 2.16. The highest BCUT2D eigenvalue weighted by molar-refractivity contribution is 9.09.